The van der Waals surface area contributed by atoms with Gasteiger partial charge in [0.05, 0.1) is 5.57 Å². The molecule has 0 amide bonds. The maximum Gasteiger partial charge on any atom is 0.167 e. The van der Waals surface area contributed by atoms with Crippen LogP contribution in [0.2, 0.25) is 0 Å². The molecule has 1 aliphatic carbocycles. The van der Waals surface area contributed by atoms with E-state index in [2.05, 4.69) is 134 Å². The van der Waals surface area contributed by atoms with Crippen molar-refractivity contribution >= 4 is 59.0 Å². The monoisotopic (exact) mass is 765 g/mol. The lowest BCUT2D eigenvalue weighted by molar-refractivity contribution is 0.333. The minimum Gasteiger partial charge on any atom is -0.457 e. The molecule has 6 aromatic carbocycles. The lowest BCUT2D eigenvalue weighted by Gasteiger charge is -2.21. The number of benzene rings is 6. The highest BCUT2D eigenvalue weighted by molar-refractivity contribution is 7.25. The molecule has 0 saturated heterocycles. The van der Waals surface area contributed by atoms with E-state index in [0.717, 1.165) is 80.4 Å². The van der Waals surface area contributed by atoms with Crippen LogP contribution < -0.4 is 0 Å². The Morgan fingerprint density at radius 3 is 2.22 bits per heavy atom. The molecule has 5 nitrogen and oxygen atoms in total. The van der Waals surface area contributed by atoms with Gasteiger partial charge in [0.25, 0.3) is 0 Å². The molecular weight excluding hydrogens is 731 g/mol. The fraction of sp³-hybridized carbons (Fsp3) is 0.0577. The molecule has 11 rings (SSSR count). The van der Waals surface area contributed by atoms with Gasteiger partial charge in [-0.25, -0.2) is 15.0 Å². The van der Waals surface area contributed by atoms with Gasteiger partial charge in [-0.05, 0) is 83.5 Å². The van der Waals surface area contributed by atoms with Crippen molar-refractivity contribution in [1.82, 2.24) is 15.0 Å². The van der Waals surface area contributed by atoms with Crippen LogP contribution in [0.5, 0.6) is 0 Å². The molecule has 0 spiro atoms. The Morgan fingerprint density at radius 2 is 1.31 bits per heavy atom. The van der Waals surface area contributed by atoms with Crippen LogP contribution in [0, 0.1) is 0 Å². The summed E-state index contributed by atoms with van der Waals surface area (Å²) in [5, 5.41) is 4.51. The molecule has 1 aliphatic heterocycles. The largest absolute Gasteiger partial charge is 0.457 e. The van der Waals surface area contributed by atoms with Crippen LogP contribution in [0.4, 0.5) is 0 Å². The molecule has 9 aromatic rings. The second-order valence-corrected chi connectivity index (χ2v) is 15.8. The summed E-state index contributed by atoms with van der Waals surface area (Å²) in [5.41, 5.74) is 9.98. The third-order valence-corrected chi connectivity index (χ3v) is 12.2. The number of fused-ring (bicyclic) bond motifs is 6. The van der Waals surface area contributed by atoms with E-state index in [1.165, 1.54) is 31.3 Å². The Hall–Kier alpha value is -7.15. The first-order valence-corrected chi connectivity index (χ1v) is 20.4. The summed E-state index contributed by atoms with van der Waals surface area (Å²) in [6, 6.07) is 46.7. The lowest BCUT2D eigenvalue weighted by Crippen LogP contribution is -2.09. The van der Waals surface area contributed by atoms with Crippen molar-refractivity contribution in [3.63, 3.8) is 0 Å². The minimum atomic E-state index is 0.556. The van der Waals surface area contributed by atoms with Crippen LogP contribution in [0.15, 0.2) is 192 Å². The first-order valence-electron chi connectivity index (χ1n) is 19.6. The first-order chi connectivity index (χ1) is 28.6. The van der Waals surface area contributed by atoms with E-state index in [9.17, 15) is 0 Å². The zero-order chi connectivity index (χ0) is 38.6. The van der Waals surface area contributed by atoms with E-state index < -0.39 is 0 Å². The van der Waals surface area contributed by atoms with Gasteiger partial charge >= 0.3 is 0 Å². The highest BCUT2D eigenvalue weighted by atomic mass is 32.1. The Morgan fingerprint density at radius 1 is 0.569 bits per heavy atom. The van der Waals surface area contributed by atoms with Crippen LogP contribution in [0.3, 0.4) is 0 Å². The van der Waals surface area contributed by atoms with E-state index in [0.29, 0.717) is 23.2 Å². The highest BCUT2D eigenvalue weighted by Gasteiger charge is 2.25. The number of furan rings is 1. The second-order valence-electron chi connectivity index (χ2n) is 14.7. The molecule has 4 heterocycles. The van der Waals surface area contributed by atoms with Crippen LogP contribution in [-0.4, -0.2) is 15.0 Å². The van der Waals surface area contributed by atoms with Gasteiger partial charge in [-0.15, -0.1) is 11.3 Å². The number of ether oxygens (including phenoxy) is 1. The quantitative estimate of drug-likeness (QED) is 0.175. The SMILES string of the molecule is C=C1/C=C\C=C/CC2=C(O1)C(c1nc(-c3ccc(-c4ccccc4)cc3)nc(-c3cccc4oc5ccc(-c6cccc7sc8ccccc8c67)cc5c34)n1)=CCC2. The molecular formula is C52H35N3O2S. The molecule has 0 N–H and O–H groups in total. The van der Waals surface area contributed by atoms with Gasteiger partial charge in [0, 0.05) is 42.1 Å². The molecule has 3 aromatic heterocycles. The smallest absolute Gasteiger partial charge is 0.167 e. The number of allylic oxidation sites excluding steroid dienone is 7. The summed E-state index contributed by atoms with van der Waals surface area (Å²) in [6.45, 7) is 4.19. The van der Waals surface area contributed by atoms with Crippen molar-refractivity contribution in [1.29, 1.82) is 0 Å². The fourth-order valence-electron chi connectivity index (χ4n) is 8.30. The van der Waals surface area contributed by atoms with Crippen molar-refractivity contribution in [3.05, 3.63) is 193 Å². The number of rotatable bonds is 5. The molecule has 2 aliphatic rings. The molecule has 0 radical (unpaired) electrons. The highest BCUT2D eigenvalue weighted by Crippen LogP contribution is 2.43. The van der Waals surface area contributed by atoms with Crippen molar-refractivity contribution in [2.24, 2.45) is 0 Å². The van der Waals surface area contributed by atoms with Gasteiger partial charge in [0.15, 0.2) is 17.5 Å². The second kappa shape index (κ2) is 14.1. The van der Waals surface area contributed by atoms with Gasteiger partial charge in [0.1, 0.15) is 22.7 Å². The summed E-state index contributed by atoms with van der Waals surface area (Å²) >= 11 is 1.83. The molecule has 276 valence electrons. The summed E-state index contributed by atoms with van der Waals surface area (Å²) in [7, 11) is 0. The number of nitrogens with zero attached hydrogens (tertiary/aromatic N) is 3. The number of hydrogen-bond acceptors (Lipinski definition) is 6. The molecule has 0 atom stereocenters. The average Bonchev–Trinajstić information content (AvgIpc) is 3.87. The number of aromatic nitrogens is 3. The van der Waals surface area contributed by atoms with Gasteiger partial charge in [-0.1, -0.05) is 134 Å². The maximum absolute atomic E-state index is 6.55. The van der Waals surface area contributed by atoms with Crippen molar-refractivity contribution in [3.8, 4) is 45.0 Å². The Balaban J connectivity index is 1.11. The minimum absolute atomic E-state index is 0.556. The molecule has 58 heavy (non-hydrogen) atoms. The Kier molecular flexibility index (Phi) is 8.30. The van der Waals surface area contributed by atoms with Gasteiger partial charge in [-0.3, -0.25) is 0 Å². The van der Waals surface area contributed by atoms with Crippen LogP contribution in [0.25, 0.3) is 92.7 Å². The number of thiophene rings is 1. The summed E-state index contributed by atoms with van der Waals surface area (Å²) in [4.78, 5) is 15.7. The predicted molar refractivity (Wildman–Crippen MR) is 239 cm³/mol. The van der Waals surface area contributed by atoms with Crippen molar-refractivity contribution < 1.29 is 9.15 Å². The summed E-state index contributed by atoms with van der Waals surface area (Å²) < 4.78 is 15.6. The average molecular weight is 766 g/mol. The Bertz CT molecular complexity index is 3240. The molecule has 0 bridgehead atoms. The number of hydrogen-bond donors (Lipinski definition) is 0. The maximum atomic E-state index is 6.55. The summed E-state index contributed by atoms with van der Waals surface area (Å²) in [6.07, 6.45) is 12.8. The van der Waals surface area contributed by atoms with Crippen molar-refractivity contribution in [2.45, 2.75) is 19.3 Å². The van der Waals surface area contributed by atoms with Gasteiger partial charge in [0.2, 0.25) is 0 Å². The normalized spacial score (nSPS) is 15.5. The molecule has 6 heteroatoms. The molecule has 0 saturated carbocycles. The third-order valence-electron chi connectivity index (χ3n) is 11.1. The topological polar surface area (TPSA) is 61.0 Å². The van der Waals surface area contributed by atoms with Crippen LogP contribution >= 0.6 is 11.3 Å². The molecule has 0 unspecified atom stereocenters. The van der Waals surface area contributed by atoms with Gasteiger partial charge < -0.3 is 9.15 Å². The van der Waals surface area contributed by atoms with E-state index in [-0.39, 0.29) is 0 Å². The summed E-state index contributed by atoms with van der Waals surface area (Å²) in [5.74, 6) is 3.03. The van der Waals surface area contributed by atoms with Gasteiger partial charge in [-0.2, -0.15) is 0 Å². The standard InChI is InChI=1S/C52H35N3O2S/c1-32-13-4-2-7-16-35-17-10-21-41(49(35)56-32)52-54-50(36-27-25-34(26-28-36)33-14-5-3-6-15-33)53-51(55-52)40-20-11-22-44-47(40)42-31-37(29-30-43(42)57-44)38-19-12-24-46-48(38)39-18-8-9-23-45(39)58-46/h2-9,11-15,18-31H,1,10,16-17H2/b7-2-,13-4-. The lowest BCUT2D eigenvalue weighted by atomic mass is 9.94. The van der Waals surface area contributed by atoms with E-state index in [1.54, 1.807) is 0 Å². The van der Waals surface area contributed by atoms with E-state index >= 15 is 0 Å². The predicted octanol–water partition coefficient (Wildman–Crippen LogP) is 14.3. The first kappa shape index (κ1) is 34.1. The third kappa shape index (κ3) is 5.97. The van der Waals surface area contributed by atoms with E-state index in [4.69, 9.17) is 24.1 Å². The van der Waals surface area contributed by atoms with Crippen LogP contribution in [0.1, 0.15) is 25.1 Å². The zero-order valence-electron chi connectivity index (χ0n) is 31.5. The van der Waals surface area contributed by atoms with E-state index in [1.807, 2.05) is 47.8 Å². The zero-order valence-corrected chi connectivity index (χ0v) is 32.3. The van der Waals surface area contributed by atoms with Crippen molar-refractivity contribution in [2.75, 3.05) is 0 Å². The van der Waals surface area contributed by atoms with Crippen LogP contribution in [-0.2, 0) is 4.74 Å². The Labute approximate surface area is 339 Å². The fourth-order valence-corrected chi connectivity index (χ4v) is 9.44. The molecule has 0 fully saturated rings.